The summed E-state index contributed by atoms with van der Waals surface area (Å²) < 4.78 is 0. The Morgan fingerprint density at radius 2 is 1.58 bits per heavy atom. The van der Waals surface area contributed by atoms with Crippen LogP contribution in [0.3, 0.4) is 0 Å². The van der Waals surface area contributed by atoms with Gasteiger partial charge in [-0.05, 0) is 11.6 Å². The summed E-state index contributed by atoms with van der Waals surface area (Å²) in [7, 11) is 0. The molecule has 0 bridgehead atoms. The van der Waals surface area contributed by atoms with Gasteiger partial charge in [-0.3, -0.25) is 9.59 Å². The number of carbonyl (C=O) groups excluding carboxylic acids is 2. The van der Waals surface area contributed by atoms with E-state index in [1.54, 1.807) is 30.3 Å². The molecule has 0 aliphatic heterocycles. The van der Waals surface area contributed by atoms with Gasteiger partial charge in [-0.15, -0.1) is 0 Å². The maximum atomic E-state index is 12.3. The second-order valence-corrected chi connectivity index (χ2v) is 4.59. The highest BCUT2D eigenvalue weighted by molar-refractivity contribution is 7.81. The number of ketones is 2. The van der Waals surface area contributed by atoms with E-state index in [0.29, 0.717) is 17.5 Å². The van der Waals surface area contributed by atoms with E-state index >= 15 is 0 Å². The lowest BCUT2D eigenvalue weighted by Gasteiger charge is -2.04. The highest BCUT2D eigenvalue weighted by Gasteiger charge is 2.09. The highest BCUT2D eigenvalue weighted by Crippen LogP contribution is 2.12. The van der Waals surface area contributed by atoms with E-state index in [-0.39, 0.29) is 17.3 Å². The van der Waals surface area contributed by atoms with Crippen LogP contribution in [0.25, 0.3) is 0 Å². The van der Waals surface area contributed by atoms with Crippen LogP contribution in [0.5, 0.6) is 0 Å². The first-order valence-electron chi connectivity index (χ1n) is 6.02. The SMILES string of the molecule is O=C(CS)Cc1cccc(C(=O)c2ccccc2)c1. The van der Waals surface area contributed by atoms with Crippen LogP contribution in [0.15, 0.2) is 54.6 Å². The molecule has 3 heteroatoms. The Labute approximate surface area is 117 Å². The fourth-order valence-corrected chi connectivity index (χ4v) is 1.97. The van der Waals surface area contributed by atoms with Gasteiger partial charge < -0.3 is 0 Å². The predicted octanol–water partition coefficient (Wildman–Crippen LogP) is 2.96. The zero-order valence-corrected chi connectivity index (χ0v) is 11.3. The molecule has 0 spiro atoms. The smallest absolute Gasteiger partial charge is 0.193 e. The summed E-state index contributed by atoms with van der Waals surface area (Å²) in [6.45, 7) is 0. The van der Waals surface area contributed by atoms with Crippen LogP contribution < -0.4 is 0 Å². The van der Waals surface area contributed by atoms with Crippen molar-refractivity contribution >= 4 is 24.2 Å². The minimum atomic E-state index is -0.0271. The molecule has 0 N–H and O–H groups in total. The van der Waals surface area contributed by atoms with Gasteiger partial charge in [0.05, 0.1) is 0 Å². The number of thiol groups is 1. The Hall–Kier alpha value is -1.87. The van der Waals surface area contributed by atoms with Crippen LogP contribution in [0, 0.1) is 0 Å². The minimum Gasteiger partial charge on any atom is -0.298 e. The summed E-state index contributed by atoms with van der Waals surface area (Å²) in [5.41, 5.74) is 2.11. The van der Waals surface area contributed by atoms with Crippen molar-refractivity contribution in [1.82, 2.24) is 0 Å². The van der Waals surface area contributed by atoms with E-state index in [2.05, 4.69) is 12.6 Å². The first-order valence-corrected chi connectivity index (χ1v) is 6.65. The molecular formula is C16H14O2S. The molecule has 0 saturated carbocycles. The molecule has 0 radical (unpaired) electrons. The van der Waals surface area contributed by atoms with Gasteiger partial charge in [0, 0.05) is 23.3 Å². The molecule has 0 fully saturated rings. The topological polar surface area (TPSA) is 34.1 Å². The number of hydrogen-bond acceptors (Lipinski definition) is 3. The van der Waals surface area contributed by atoms with Crippen LogP contribution in [0.2, 0.25) is 0 Å². The molecular weight excluding hydrogens is 256 g/mol. The maximum absolute atomic E-state index is 12.3. The lowest BCUT2D eigenvalue weighted by atomic mass is 10.00. The monoisotopic (exact) mass is 270 g/mol. The Morgan fingerprint density at radius 1 is 0.895 bits per heavy atom. The normalized spacial score (nSPS) is 10.2. The fourth-order valence-electron chi connectivity index (χ4n) is 1.86. The van der Waals surface area contributed by atoms with Gasteiger partial charge in [0.15, 0.2) is 5.78 Å². The minimum absolute atomic E-state index is 0.0271. The summed E-state index contributed by atoms with van der Waals surface area (Å²) in [5.74, 6) is 0.241. The van der Waals surface area contributed by atoms with Gasteiger partial charge in [-0.25, -0.2) is 0 Å². The first kappa shape index (κ1) is 13.6. The summed E-state index contributed by atoms with van der Waals surface area (Å²) in [5, 5.41) is 0. The van der Waals surface area contributed by atoms with E-state index in [1.165, 1.54) is 0 Å². The third-order valence-corrected chi connectivity index (χ3v) is 3.16. The molecule has 2 rings (SSSR count). The average molecular weight is 270 g/mol. The van der Waals surface area contributed by atoms with Crippen molar-refractivity contribution in [2.75, 3.05) is 5.75 Å². The van der Waals surface area contributed by atoms with Crippen LogP contribution in [0.1, 0.15) is 21.5 Å². The Balaban J connectivity index is 2.24. The first-order chi connectivity index (χ1) is 9.20. The Bertz CT molecular complexity index is 591. The van der Waals surface area contributed by atoms with E-state index < -0.39 is 0 Å². The van der Waals surface area contributed by atoms with E-state index in [9.17, 15) is 9.59 Å². The number of Topliss-reactive ketones (excluding diaryl/α,β-unsaturated/α-hetero) is 1. The predicted molar refractivity (Wildman–Crippen MR) is 78.9 cm³/mol. The molecule has 19 heavy (non-hydrogen) atoms. The molecule has 0 amide bonds. The molecule has 0 saturated heterocycles. The summed E-state index contributed by atoms with van der Waals surface area (Å²) >= 11 is 3.95. The average Bonchev–Trinajstić information content (AvgIpc) is 2.47. The molecule has 0 aromatic heterocycles. The largest absolute Gasteiger partial charge is 0.298 e. The number of rotatable bonds is 5. The third kappa shape index (κ3) is 3.55. The van der Waals surface area contributed by atoms with Gasteiger partial charge in [0.2, 0.25) is 0 Å². The van der Waals surface area contributed by atoms with Crippen LogP contribution in [-0.2, 0) is 11.2 Å². The Kier molecular flexibility index (Phi) is 4.53. The van der Waals surface area contributed by atoms with Crippen molar-refractivity contribution in [3.63, 3.8) is 0 Å². The molecule has 2 aromatic rings. The quantitative estimate of drug-likeness (QED) is 0.669. The zero-order chi connectivity index (χ0) is 13.7. The van der Waals surface area contributed by atoms with Crippen LogP contribution in [0.4, 0.5) is 0 Å². The van der Waals surface area contributed by atoms with Crippen molar-refractivity contribution in [2.45, 2.75) is 6.42 Å². The van der Waals surface area contributed by atoms with Gasteiger partial charge >= 0.3 is 0 Å². The summed E-state index contributed by atoms with van der Waals surface area (Å²) in [6, 6.07) is 16.3. The van der Waals surface area contributed by atoms with Gasteiger partial charge in [-0.1, -0.05) is 48.5 Å². The molecule has 2 aromatic carbocycles. The Morgan fingerprint density at radius 3 is 2.26 bits per heavy atom. The van der Waals surface area contributed by atoms with Gasteiger partial charge in [0.1, 0.15) is 5.78 Å². The lowest BCUT2D eigenvalue weighted by Crippen LogP contribution is -2.06. The maximum Gasteiger partial charge on any atom is 0.193 e. The summed E-state index contributed by atoms with van der Waals surface area (Å²) in [6.07, 6.45) is 0.319. The molecule has 2 nitrogen and oxygen atoms in total. The molecule has 0 aliphatic rings. The van der Waals surface area contributed by atoms with E-state index in [0.717, 1.165) is 5.56 Å². The van der Waals surface area contributed by atoms with Crippen molar-refractivity contribution in [1.29, 1.82) is 0 Å². The molecule has 0 unspecified atom stereocenters. The summed E-state index contributed by atoms with van der Waals surface area (Å²) in [4.78, 5) is 23.6. The number of hydrogen-bond donors (Lipinski definition) is 1. The second-order valence-electron chi connectivity index (χ2n) is 4.27. The number of benzene rings is 2. The molecule has 0 heterocycles. The van der Waals surface area contributed by atoms with Gasteiger partial charge in [-0.2, -0.15) is 12.6 Å². The van der Waals surface area contributed by atoms with Crippen molar-refractivity contribution < 1.29 is 9.59 Å². The van der Waals surface area contributed by atoms with Crippen molar-refractivity contribution in [3.05, 3.63) is 71.3 Å². The van der Waals surface area contributed by atoms with Crippen LogP contribution in [-0.4, -0.2) is 17.3 Å². The lowest BCUT2D eigenvalue weighted by molar-refractivity contribution is -0.115. The van der Waals surface area contributed by atoms with Gasteiger partial charge in [0.25, 0.3) is 0 Å². The second kappa shape index (κ2) is 6.34. The molecule has 96 valence electrons. The van der Waals surface area contributed by atoms with E-state index in [4.69, 9.17) is 0 Å². The van der Waals surface area contributed by atoms with Crippen LogP contribution >= 0.6 is 12.6 Å². The zero-order valence-electron chi connectivity index (χ0n) is 10.4. The fraction of sp³-hybridized carbons (Fsp3) is 0.125. The van der Waals surface area contributed by atoms with Crippen molar-refractivity contribution in [2.24, 2.45) is 0 Å². The number of carbonyl (C=O) groups is 2. The van der Waals surface area contributed by atoms with Crippen molar-refractivity contribution in [3.8, 4) is 0 Å². The highest BCUT2D eigenvalue weighted by atomic mass is 32.1. The van der Waals surface area contributed by atoms with E-state index in [1.807, 2.05) is 24.3 Å². The molecule has 0 aliphatic carbocycles. The standard InChI is InChI=1S/C16H14O2S/c17-15(11-19)10-12-5-4-8-14(9-12)16(18)13-6-2-1-3-7-13/h1-9,19H,10-11H2. The third-order valence-electron chi connectivity index (χ3n) is 2.80. The molecule has 0 atom stereocenters.